The number of rotatable bonds is 7. The van der Waals surface area contributed by atoms with E-state index >= 15 is 0 Å². The Morgan fingerprint density at radius 2 is 2.14 bits per heavy atom. The molecule has 0 aliphatic carbocycles. The number of unbranched alkanes of at least 4 members (excludes halogenated alkanes) is 2. The molecule has 1 atom stereocenters. The molecule has 1 aromatic rings. The van der Waals surface area contributed by atoms with Gasteiger partial charge < -0.3 is 0 Å². The predicted octanol–water partition coefficient (Wildman–Crippen LogP) is 2.35. The summed E-state index contributed by atoms with van der Waals surface area (Å²) in [4.78, 5) is 4.54. The second kappa shape index (κ2) is 6.87. The van der Waals surface area contributed by atoms with E-state index in [1.807, 2.05) is 18.5 Å². The van der Waals surface area contributed by atoms with Gasteiger partial charge in [-0.15, -0.1) is 0 Å². The third kappa shape index (κ3) is 4.26. The van der Waals surface area contributed by atoms with Gasteiger partial charge in [0, 0.05) is 12.5 Å². The molecule has 6 nitrogen and oxygen atoms in total. The summed E-state index contributed by atoms with van der Waals surface area (Å²) in [5, 5.41) is 4.48. The standard InChI is InChI=1S/C14H26N4O2S/c1-4-5-6-10-21(19,20)17-12-8-7-9-18-14(12)15-13(16-18)11(2)3/h11-12,17H,4-10H2,1-3H3/t12-/m1/s1. The van der Waals surface area contributed by atoms with Crippen molar-refractivity contribution in [2.45, 2.75) is 71.4 Å². The number of hydrogen-bond donors (Lipinski definition) is 1. The van der Waals surface area contributed by atoms with Crippen LogP contribution in [0.4, 0.5) is 0 Å². The molecule has 2 heterocycles. The van der Waals surface area contributed by atoms with Crippen molar-refractivity contribution < 1.29 is 8.42 Å². The molecular weight excluding hydrogens is 288 g/mol. The zero-order chi connectivity index (χ0) is 15.5. The largest absolute Gasteiger partial charge is 0.248 e. The highest BCUT2D eigenvalue weighted by atomic mass is 32.2. The number of nitrogens with one attached hydrogen (secondary N) is 1. The van der Waals surface area contributed by atoms with Crippen LogP contribution in [-0.4, -0.2) is 28.9 Å². The van der Waals surface area contributed by atoms with E-state index in [0.717, 1.165) is 43.9 Å². The van der Waals surface area contributed by atoms with Crippen LogP contribution in [0.15, 0.2) is 0 Å². The van der Waals surface area contributed by atoms with E-state index in [1.54, 1.807) is 0 Å². The third-order valence-corrected chi connectivity index (χ3v) is 5.22. The lowest BCUT2D eigenvalue weighted by Crippen LogP contribution is -2.34. The van der Waals surface area contributed by atoms with E-state index in [0.29, 0.717) is 6.42 Å². The molecule has 0 amide bonds. The molecule has 0 aromatic carbocycles. The second-order valence-corrected chi connectivity index (χ2v) is 7.92. The van der Waals surface area contributed by atoms with E-state index in [1.165, 1.54) is 0 Å². The van der Waals surface area contributed by atoms with Gasteiger partial charge in [-0.1, -0.05) is 33.6 Å². The zero-order valence-corrected chi connectivity index (χ0v) is 14.0. The Hall–Kier alpha value is -0.950. The number of aromatic nitrogens is 3. The molecule has 0 saturated heterocycles. The average molecular weight is 314 g/mol. The molecule has 2 rings (SSSR count). The lowest BCUT2D eigenvalue weighted by molar-refractivity contribution is 0.399. The molecule has 0 unspecified atom stereocenters. The van der Waals surface area contributed by atoms with Gasteiger partial charge in [0.15, 0.2) is 5.82 Å². The van der Waals surface area contributed by atoms with Crippen molar-refractivity contribution in [3.63, 3.8) is 0 Å². The molecule has 120 valence electrons. The van der Waals surface area contributed by atoms with E-state index in [4.69, 9.17) is 0 Å². The first-order valence-corrected chi connectivity index (χ1v) is 9.53. The molecule has 0 spiro atoms. The van der Waals surface area contributed by atoms with Crippen molar-refractivity contribution in [2.75, 3.05) is 5.75 Å². The van der Waals surface area contributed by atoms with Crippen LogP contribution in [0.5, 0.6) is 0 Å². The maximum absolute atomic E-state index is 12.2. The Morgan fingerprint density at radius 3 is 2.81 bits per heavy atom. The number of hydrogen-bond acceptors (Lipinski definition) is 4. The van der Waals surface area contributed by atoms with Crippen LogP contribution in [-0.2, 0) is 16.6 Å². The van der Waals surface area contributed by atoms with Crippen LogP contribution in [0, 0.1) is 0 Å². The van der Waals surface area contributed by atoms with Crippen molar-refractivity contribution in [1.82, 2.24) is 19.5 Å². The Labute approximate surface area is 127 Å². The van der Waals surface area contributed by atoms with Crippen LogP contribution < -0.4 is 4.72 Å². The fourth-order valence-electron chi connectivity index (χ4n) is 2.54. The van der Waals surface area contributed by atoms with E-state index < -0.39 is 10.0 Å². The van der Waals surface area contributed by atoms with E-state index in [9.17, 15) is 8.42 Å². The number of nitrogens with zero attached hydrogens (tertiary/aromatic N) is 3. The van der Waals surface area contributed by atoms with Crippen molar-refractivity contribution in [2.24, 2.45) is 0 Å². The number of aryl methyl sites for hydroxylation is 1. The molecule has 7 heteroatoms. The quantitative estimate of drug-likeness (QED) is 0.784. The summed E-state index contributed by atoms with van der Waals surface area (Å²) in [6.45, 7) is 6.98. The molecule has 0 bridgehead atoms. The molecule has 0 saturated carbocycles. The lowest BCUT2D eigenvalue weighted by atomic mass is 10.1. The highest BCUT2D eigenvalue weighted by Crippen LogP contribution is 2.25. The Morgan fingerprint density at radius 1 is 1.38 bits per heavy atom. The van der Waals surface area contributed by atoms with Crippen LogP contribution in [0.25, 0.3) is 0 Å². The smallest absolute Gasteiger partial charge is 0.212 e. The number of sulfonamides is 1. The maximum Gasteiger partial charge on any atom is 0.212 e. The van der Waals surface area contributed by atoms with Gasteiger partial charge in [0.1, 0.15) is 5.82 Å². The zero-order valence-electron chi connectivity index (χ0n) is 13.2. The maximum atomic E-state index is 12.2. The summed E-state index contributed by atoms with van der Waals surface area (Å²) >= 11 is 0. The SMILES string of the molecule is CCCCCS(=O)(=O)N[C@@H]1CCCn2nc(C(C)C)nc21. The summed E-state index contributed by atoms with van der Waals surface area (Å²) in [5.41, 5.74) is 0. The average Bonchev–Trinajstić information content (AvgIpc) is 2.84. The Bertz CT molecular complexity index is 566. The van der Waals surface area contributed by atoms with Crippen molar-refractivity contribution in [1.29, 1.82) is 0 Å². The summed E-state index contributed by atoms with van der Waals surface area (Å²) in [7, 11) is -3.24. The van der Waals surface area contributed by atoms with Gasteiger partial charge in [-0.2, -0.15) is 5.10 Å². The molecule has 1 aliphatic rings. The minimum absolute atomic E-state index is 0.197. The lowest BCUT2D eigenvalue weighted by Gasteiger charge is -2.22. The predicted molar refractivity (Wildman–Crippen MR) is 82.5 cm³/mol. The van der Waals surface area contributed by atoms with Crippen LogP contribution in [0.2, 0.25) is 0 Å². The van der Waals surface area contributed by atoms with Crippen LogP contribution in [0.1, 0.15) is 76.5 Å². The van der Waals surface area contributed by atoms with Gasteiger partial charge in [-0.25, -0.2) is 22.8 Å². The first-order chi connectivity index (χ1) is 9.93. The molecule has 1 aromatic heterocycles. The third-order valence-electron chi connectivity index (χ3n) is 3.75. The summed E-state index contributed by atoms with van der Waals surface area (Å²) in [5.74, 6) is 2.01. The normalized spacial score (nSPS) is 19.0. The minimum atomic E-state index is -3.24. The molecule has 21 heavy (non-hydrogen) atoms. The van der Waals surface area contributed by atoms with Gasteiger partial charge in [-0.05, 0) is 19.3 Å². The summed E-state index contributed by atoms with van der Waals surface area (Å²) in [6, 6.07) is -0.231. The minimum Gasteiger partial charge on any atom is -0.248 e. The summed E-state index contributed by atoms with van der Waals surface area (Å²) < 4.78 is 29.0. The first-order valence-electron chi connectivity index (χ1n) is 7.87. The van der Waals surface area contributed by atoms with Crippen molar-refractivity contribution in [3.05, 3.63) is 11.6 Å². The molecule has 1 aliphatic heterocycles. The Kier molecular flexibility index (Phi) is 5.37. The topological polar surface area (TPSA) is 76.9 Å². The van der Waals surface area contributed by atoms with E-state index in [2.05, 4.69) is 21.7 Å². The van der Waals surface area contributed by atoms with Gasteiger partial charge in [0.05, 0.1) is 11.8 Å². The molecule has 0 fully saturated rings. The van der Waals surface area contributed by atoms with Gasteiger partial charge in [0.2, 0.25) is 10.0 Å². The van der Waals surface area contributed by atoms with Crippen molar-refractivity contribution in [3.8, 4) is 0 Å². The van der Waals surface area contributed by atoms with Gasteiger partial charge in [-0.3, -0.25) is 0 Å². The van der Waals surface area contributed by atoms with Gasteiger partial charge >= 0.3 is 0 Å². The van der Waals surface area contributed by atoms with E-state index in [-0.39, 0.29) is 17.7 Å². The van der Waals surface area contributed by atoms with Crippen molar-refractivity contribution >= 4 is 10.0 Å². The Balaban J connectivity index is 2.09. The fourth-order valence-corrected chi connectivity index (χ4v) is 3.90. The van der Waals surface area contributed by atoms with Crippen LogP contribution in [0.3, 0.4) is 0 Å². The highest BCUT2D eigenvalue weighted by Gasteiger charge is 2.28. The first kappa shape index (κ1) is 16.4. The highest BCUT2D eigenvalue weighted by molar-refractivity contribution is 7.89. The molecular formula is C14H26N4O2S. The summed E-state index contributed by atoms with van der Waals surface area (Å²) in [6.07, 6.45) is 4.39. The fraction of sp³-hybridized carbons (Fsp3) is 0.857. The molecule has 0 radical (unpaired) electrons. The number of fused-ring (bicyclic) bond motifs is 1. The second-order valence-electron chi connectivity index (χ2n) is 6.04. The molecule has 1 N–H and O–H groups in total. The van der Waals surface area contributed by atoms with Gasteiger partial charge in [0.25, 0.3) is 0 Å². The van der Waals surface area contributed by atoms with Crippen LogP contribution >= 0.6 is 0 Å². The monoisotopic (exact) mass is 314 g/mol.